The first-order valence-electron chi connectivity index (χ1n) is 5.14. The van der Waals surface area contributed by atoms with Crippen LogP contribution >= 0.6 is 0 Å². The number of hydrogen-bond donors (Lipinski definition) is 1. The summed E-state index contributed by atoms with van der Waals surface area (Å²) in [7, 11) is 4.89. The molecule has 0 aliphatic carbocycles. The van der Waals surface area contributed by atoms with Gasteiger partial charge in [-0.25, -0.2) is 0 Å². The normalized spacial score (nSPS) is 12.3. The molecule has 0 aromatic heterocycles. The standard InChI is InChI=1S/C12H19NO3/c1-8(13)9-5-6-11(15-3)10(7-14-2)12(9)16-4/h5-6,8H,7,13H2,1-4H3. The Hall–Kier alpha value is -1.26. The van der Waals surface area contributed by atoms with Crippen molar-refractivity contribution in [2.45, 2.75) is 19.6 Å². The fourth-order valence-electron chi connectivity index (χ4n) is 1.70. The topological polar surface area (TPSA) is 53.7 Å². The Balaban J connectivity index is 3.31. The average molecular weight is 225 g/mol. The summed E-state index contributed by atoms with van der Waals surface area (Å²) >= 11 is 0. The number of hydrogen-bond acceptors (Lipinski definition) is 4. The Morgan fingerprint density at radius 1 is 1.19 bits per heavy atom. The minimum Gasteiger partial charge on any atom is -0.496 e. The molecule has 90 valence electrons. The van der Waals surface area contributed by atoms with E-state index < -0.39 is 0 Å². The second kappa shape index (κ2) is 5.72. The second-order valence-electron chi connectivity index (χ2n) is 3.59. The maximum absolute atomic E-state index is 5.89. The van der Waals surface area contributed by atoms with Gasteiger partial charge < -0.3 is 19.9 Å². The van der Waals surface area contributed by atoms with Gasteiger partial charge >= 0.3 is 0 Å². The van der Waals surface area contributed by atoms with Crippen LogP contribution in [0.3, 0.4) is 0 Å². The molecule has 1 atom stereocenters. The molecule has 1 aromatic carbocycles. The van der Waals surface area contributed by atoms with Crippen LogP contribution in [-0.4, -0.2) is 21.3 Å². The molecule has 0 saturated carbocycles. The van der Waals surface area contributed by atoms with Crippen molar-refractivity contribution in [1.82, 2.24) is 0 Å². The lowest BCUT2D eigenvalue weighted by molar-refractivity contribution is 0.178. The van der Waals surface area contributed by atoms with E-state index in [9.17, 15) is 0 Å². The summed E-state index contributed by atoms with van der Waals surface area (Å²) in [5, 5.41) is 0. The van der Waals surface area contributed by atoms with Crippen LogP contribution in [-0.2, 0) is 11.3 Å². The zero-order valence-corrected chi connectivity index (χ0v) is 10.2. The Bertz CT molecular complexity index is 350. The molecule has 0 bridgehead atoms. The summed E-state index contributed by atoms with van der Waals surface area (Å²) in [4.78, 5) is 0. The van der Waals surface area contributed by atoms with Gasteiger partial charge in [0.05, 0.1) is 26.4 Å². The summed E-state index contributed by atoms with van der Waals surface area (Å²) in [6, 6.07) is 3.72. The van der Waals surface area contributed by atoms with Gasteiger partial charge in [-0.3, -0.25) is 0 Å². The van der Waals surface area contributed by atoms with E-state index in [1.807, 2.05) is 19.1 Å². The van der Waals surface area contributed by atoms with E-state index in [1.54, 1.807) is 21.3 Å². The molecule has 0 aliphatic rings. The summed E-state index contributed by atoms with van der Waals surface area (Å²) < 4.78 is 15.8. The highest BCUT2D eigenvalue weighted by molar-refractivity contribution is 5.50. The van der Waals surface area contributed by atoms with Crippen LogP contribution in [0, 0.1) is 0 Å². The van der Waals surface area contributed by atoms with Gasteiger partial charge in [-0.2, -0.15) is 0 Å². The minimum atomic E-state index is -0.0866. The van der Waals surface area contributed by atoms with Crippen LogP contribution in [0.2, 0.25) is 0 Å². The van der Waals surface area contributed by atoms with E-state index in [0.29, 0.717) is 6.61 Å². The van der Waals surface area contributed by atoms with Gasteiger partial charge in [0.2, 0.25) is 0 Å². The molecular formula is C12H19NO3. The maximum Gasteiger partial charge on any atom is 0.132 e. The zero-order chi connectivity index (χ0) is 12.1. The lowest BCUT2D eigenvalue weighted by Gasteiger charge is -2.18. The predicted octanol–water partition coefficient (Wildman–Crippen LogP) is 1.87. The molecule has 0 amide bonds. The fraction of sp³-hybridized carbons (Fsp3) is 0.500. The van der Waals surface area contributed by atoms with Crippen LogP contribution in [0.25, 0.3) is 0 Å². The summed E-state index contributed by atoms with van der Waals surface area (Å²) in [6.07, 6.45) is 0. The van der Waals surface area contributed by atoms with Gasteiger partial charge in [-0.05, 0) is 13.0 Å². The van der Waals surface area contributed by atoms with Crippen molar-refractivity contribution >= 4 is 0 Å². The monoisotopic (exact) mass is 225 g/mol. The van der Waals surface area contributed by atoms with Gasteiger partial charge in [0, 0.05) is 18.7 Å². The average Bonchev–Trinajstić information content (AvgIpc) is 2.28. The lowest BCUT2D eigenvalue weighted by atomic mass is 10.0. The minimum absolute atomic E-state index is 0.0866. The third kappa shape index (κ3) is 2.46. The summed E-state index contributed by atoms with van der Waals surface area (Å²) in [5.41, 5.74) is 7.73. The maximum atomic E-state index is 5.89. The summed E-state index contributed by atoms with van der Waals surface area (Å²) in [5.74, 6) is 1.50. The molecule has 4 heteroatoms. The van der Waals surface area contributed by atoms with Crippen LogP contribution < -0.4 is 15.2 Å². The fourth-order valence-corrected chi connectivity index (χ4v) is 1.70. The molecule has 1 aromatic rings. The highest BCUT2D eigenvalue weighted by atomic mass is 16.5. The first-order valence-corrected chi connectivity index (χ1v) is 5.14. The SMILES string of the molecule is COCc1c(OC)ccc(C(C)N)c1OC. The molecular weight excluding hydrogens is 206 g/mol. The number of rotatable bonds is 5. The van der Waals surface area contributed by atoms with E-state index in [1.165, 1.54) is 0 Å². The number of methoxy groups -OCH3 is 3. The van der Waals surface area contributed by atoms with Crippen molar-refractivity contribution in [2.24, 2.45) is 5.73 Å². The molecule has 0 heterocycles. The highest BCUT2D eigenvalue weighted by Crippen LogP contribution is 2.35. The molecule has 0 aliphatic heterocycles. The summed E-state index contributed by atoms with van der Waals surface area (Å²) in [6.45, 7) is 2.35. The van der Waals surface area contributed by atoms with Crippen molar-refractivity contribution in [3.05, 3.63) is 23.3 Å². The lowest BCUT2D eigenvalue weighted by Crippen LogP contribution is -2.09. The molecule has 1 rings (SSSR count). The van der Waals surface area contributed by atoms with Gasteiger partial charge in [-0.15, -0.1) is 0 Å². The van der Waals surface area contributed by atoms with Crippen LogP contribution in [0.5, 0.6) is 11.5 Å². The first-order chi connectivity index (χ1) is 7.65. The van der Waals surface area contributed by atoms with E-state index in [2.05, 4.69) is 0 Å². The van der Waals surface area contributed by atoms with Crippen LogP contribution in [0.1, 0.15) is 24.1 Å². The molecule has 0 fully saturated rings. The van der Waals surface area contributed by atoms with Gasteiger partial charge in [0.1, 0.15) is 11.5 Å². The number of ether oxygens (including phenoxy) is 3. The van der Waals surface area contributed by atoms with Crippen LogP contribution in [0.15, 0.2) is 12.1 Å². The van der Waals surface area contributed by atoms with Crippen molar-refractivity contribution in [1.29, 1.82) is 0 Å². The molecule has 0 radical (unpaired) electrons. The number of nitrogens with two attached hydrogens (primary N) is 1. The van der Waals surface area contributed by atoms with Gasteiger partial charge in [0.15, 0.2) is 0 Å². The molecule has 2 N–H and O–H groups in total. The van der Waals surface area contributed by atoms with Crippen molar-refractivity contribution in [2.75, 3.05) is 21.3 Å². The van der Waals surface area contributed by atoms with E-state index in [-0.39, 0.29) is 6.04 Å². The van der Waals surface area contributed by atoms with Crippen molar-refractivity contribution in [3.8, 4) is 11.5 Å². The Labute approximate surface area is 96.3 Å². The van der Waals surface area contributed by atoms with E-state index >= 15 is 0 Å². The third-order valence-corrected chi connectivity index (χ3v) is 2.45. The largest absolute Gasteiger partial charge is 0.496 e. The Kier molecular flexibility index (Phi) is 4.58. The van der Waals surface area contributed by atoms with Gasteiger partial charge in [-0.1, -0.05) is 6.07 Å². The van der Waals surface area contributed by atoms with E-state index in [0.717, 1.165) is 22.6 Å². The zero-order valence-electron chi connectivity index (χ0n) is 10.2. The molecule has 0 saturated heterocycles. The predicted molar refractivity (Wildman–Crippen MR) is 62.9 cm³/mol. The quantitative estimate of drug-likeness (QED) is 0.831. The van der Waals surface area contributed by atoms with Crippen molar-refractivity contribution < 1.29 is 14.2 Å². The smallest absolute Gasteiger partial charge is 0.132 e. The molecule has 0 spiro atoms. The molecule has 16 heavy (non-hydrogen) atoms. The van der Waals surface area contributed by atoms with Crippen LogP contribution in [0.4, 0.5) is 0 Å². The Morgan fingerprint density at radius 3 is 2.31 bits per heavy atom. The Morgan fingerprint density at radius 2 is 1.88 bits per heavy atom. The van der Waals surface area contributed by atoms with Gasteiger partial charge in [0.25, 0.3) is 0 Å². The molecule has 4 nitrogen and oxygen atoms in total. The molecule has 1 unspecified atom stereocenters. The van der Waals surface area contributed by atoms with E-state index in [4.69, 9.17) is 19.9 Å². The number of benzene rings is 1. The second-order valence-corrected chi connectivity index (χ2v) is 3.59. The highest BCUT2D eigenvalue weighted by Gasteiger charge is 2.16. The first kappa shape index (κ1) is 12.8. The van der Waals surface area contributed by atoms with Crippen molar-refractivity contribution in [3.63, 3.8) is 0 Å². The third-order valence-electron chi connectivity index (χ3n) is 2.45.